The number of hydrogen-bond donors (Lipinski definition) is 2. The predicted octanol–water partition coefficient (Wildman–Crippen LogP) is -0.751. The summed E-state index contributed by atoms with van der Waals surface area (Å²) >= 11 is 0. The number of nitrogens with one attached hydrogen (secondary N) is 2. The lowest BCUT2D eigenvalue weighted by molar-refractivity contribution is -0.139. The van der Waals surface area contributed by atoms with Gasteiger partial charge in [0.15, 0.2) is 0 Å². The Morgan fingerprint density at radius 3 is 2.64 bits per heavy atom. The Morgan fingerprint density at radius 2 is 2.00 bits per heavy atom. The van der Waals surface area contributed by atoms with E-state index in [0.717, 1.165) is 18.7 Å². The molecule has 0 aromatic carbocycles. The number of nitrogens with zero attached hydrogens (tertiary/aromatic N) is 3. The number of morpholine rings is 1. The zero-order valence-electron chi connectivity index (χ0n) is 14.9. The van der Waals surface area contributed by atoms with Crippen LogP contribution in [0.1, 0.15) is 11.6 Å². The normalized spacial score (nSPS) is 16.4. The Bertz CT molecular complexity index is 546. The molecule has 1 aliphatic rings. The summed E-state index contributed by atoms with van der Waals surface area (Å²) in [5, 5.41) is 5.36. The largest absolute Gasteiger partial charge is 0.379 e. The van der Waals surface area contributed by atoms with Crippen LogP contribution in [0.2, 0.25) is 0 Å². The summed E-state index contributed by atoms with van der Waals surface area (Å²) in [7, 11) is 3.82. The van der Waals surface area contributed by atoms with E-state index in [0.29, 0.717) is 32.8 Å². The highest BCUT2D eigenvalue weighted by atomic mass is 16.5. The highest BCUT2D eigenvalue weighted by Gasteiger charge is 2.24. The SMILES string of the molecule is CN(C)CCNC(=O)C(=O)NC[C@H](c1cccnc1)N1CCOCC1. The lowest BCUT2D eigenvalue weighted by Gasteiger charge is -2.34. The molecular weight excluding hydrogens is 322 g/mol. The third-order valence-electron chi connectivity index (χ3n) is 4.06. The number of carbonyl (C=O) groups is 2. The molecule has 1 aliphatic heterocycles. The van der Waals surface area contributed by atoms with E-state index in [2.05, 4.69) is 20.5 Å². The van der Waals surface area contributed by atoms with Crippen LogP contribution in [-0.4, -0.2) is 86.6 Å². The number of carbonyl (C=O) groups excluding carboxylic acids is 2. The standard InChI is InChI=1S/C17H27N5O3/c1-21(2)7-6-19-16(23)17(24)20-13-15(14-4-3-5-18-12-14)22-8-10-25-11-9-22/h3-5,12,15H,6-11,13H2,1-2H3,(H,19,23)(H,20,24)/t15-/m1/s1. The minimum absolute atomic E-state index is 0.0314. The van der Waals surface area contributed by atoms with E-state index < -0.39 is 11.8 Å². The Morgan fingerprint density at radius 1 is 1.28 bits per heavy atom. The van der Waals surface area contributed by atoms with Gasteiger partial charge in [-0.15, -0.1) is 0 Å². The van der Waals surface area contributed by atoms with Crippen molar-refractivity contribution in [1.29, 1.82) is 0 Å². The van der Waals surface area contributed by atoms with Crippen molar-refractivity contribution in [3.8, 4) is 0 Å². The Balaban J connectivity index is 1.90. The fourth-order valence-electron chi connectivity index (χ4n) is 2.66. The van der Waals surface area contributed by atoms with Gasteiger partial charge >= 0.3 is 11.8 Å². The first-order chi connectivity index (χ1) is 12.1. The first-order valence-electron chi connectivity index (χ1n) is 8.50. The minimum atomic E-state index is -0.610. The van der Waals surface area contributed by atoms with Gasteiger partial charge in [0, 0.05) is 45.1 Å². The molecule has 0 saturated carbocycles. The molecule has 138 valence electrons. The summed E-state index contributed by atoms with van der Waals surface area (Å²) in [6, 6.07) is 3.82. The molecule has 2 N–H and O–H groups in total. The first kappa shape index (κ1) is 19.3. The average Bonchev–Trinajstić information content (AvgIpc) is 2.63. The predicted molar refractivity (Wildman–Crippen MR) is 93.9 cm³/mol. The second-order valence-corrected chi connectivity index (χ2v) is 6.22. The fourth-order valence-corrected chi connectivity index (χ4v) is 2.66. The topological polar surface area (TPSA) is 86.8 Å². The second kappa shape index (κ2) is 10.1. The van der Waals surface area contributed by atoms with Crippen molar-refractivity contribution in [3.05, 3.63) is 30.1 Å². The highest BCUT2D eigenvalue weighted by molar-refractivity contribution is 6.35. The maximum absolute atomic E-state index is 12.0. The van der Waals surface area contributed by atoms with Crippen molar-refractivity contribution in [3.63, 3.8) is 0 Å². The van der Waals surface area contributed by atoms with Crippen LogP contribution < -0.4 is 10.6 Å². The minimum Gasteiger partial charge on any atom is -0.379 e. The molecule has 2 rings (SSSR count). The van der Waals surface area contributed by atoms with Gasteiger partial charge in [0.05, 0.1) is 19.3 Å². The van der Waals surface area contributed by atoms with Crippen LogP contribution in [0.25, 0.3) is 0 Å². The number of likely N-dealkylation sites (N-methyl/N-ethyl adjacent to an activating group) is 1. The molecule has 0 bridgehead atoms. The molecule has 8 nitrogen and oxygen atoms in total. The summed E-state index contributed by atoms with van der Waals surface area (Å²) in [5.74, 6) is -1.21. The average molecular weight is 349 g/mol. The van der Waals surface area contributed by atoms with Gasteiger partial charge in [0.1, 0.15) is 0 Å². The van der Waals surface area contributed by atoms with E-state index in [-0.39, 0.29) is 6.04 Å². The Kier molecular flexibility index (Phi) is 7.77. The smallest absolute Gasteiger partial charge is 0.309 e. The third-order valence-corrected chi connectivity index (χ3v) is 4.06. The van der Waals surface area contributed by atoms with Gasteiger partial charge in [-0.05, 0) is 25.7 Å². The van der Waals surface area contributed by atoms with Crippen molar-refractivity contribution < 1.29 is 14.3 Å². The molecule has 0 spiro atoms. The van der Waals surface area contributed by atoms with Gasteiger partial charge in [0.25, 0.3) is 0 Å². The maximum Gasteiger partial charge on any atom is 0.309 e. The number of aromatic nitrogens is 1. The molecule has 1 saturated heterocycles. The number of amides is 2. The van der Waals surface area contributed by atoms with E-state index >= 15 is 0 Å². The van der Waals surface area contributed by atoms with E-state index in [9.17, 15) is 9.59 Å². The first-order valence-corrected chi connectivity index (χ1v) is 8.50. The highest BCUT2D eigenvalue weighted by Crippen LogP contribution is 2.20. The molecule has 2 heterocycles. The summed E-state index contributed by atoms with van der Waals surface area (Å²) in [4.78, 5) is 32.2. The molecule has 25 heavy (non-hydrogen) atoms. The summed E-state index contributed by atoms with van der Waals surface area (Å²) in [5.41, 5.74) is 1.01. The molecular formula is C17H27N5O3. The number of rotatable bonds is 7. The van der Waals surface area contributed by atoms with E-state index in [4.69, 9.17) is 4.74 Å². The van der Waals surface area contributed by atoms with Gasteiger partial charge in [-0.2, -0.15) is 0 Å². The van der Waals surface area contributed by atoms with Crippen molar-refractivity contribution >= 4 is 11.8 Å². The fraction of sp³-hybridized carbons (Fsp3) is 0.588. The molecule has 8 heteroatoms. The van der Waals surface area contributed by atoms with E-state index in [1.165, 1.54) is 0 Å². The van der Waals surface area contributed by atoms with Gasteiger partial charge in [-0.1, -0.05) is 6.07 Å². The second-order valence-electron chi connectivity index (χ2n) is 6.22. The number of hydrogen-bond acceptors (Lipinski definition) is 6. The lowest BCUT2D eigenvalue weighted by atomic mass is 10.1. The molecule has 1 fully saturated rings. The van der Waals surface area contributed by atoms with Crippen LogP contribution >= 0.6 is 0 Å². The van der Waals surface area contributed by atoms with Crippen LogP contribution in [0.3, 0.4) is 0 Å². The lowest BCUT2D eigenvalue weighted by Crippen LogP contribution is -2.47. The number of ether oxygens (including phenoxy) is 1. The van der Waals surface area contributed by atoms with Crippen LogP contribution in [0.4, 0.5) is 0 Å². The summed E-state index contributed by atoms with van der Waals surface area (Å²) < 4.78 is 5.40. The van der Waals surface area contributed by atoms with Crippen molar-refractivity contribution in [1.82, 2.24) is 25.4 Å². The van der Waals surface area contributed by atoms with Gasteiger partial charge < -0.3 is 20.3 Å². The zero-order valence-corrected chi connectivity index (χ0v) is 14.9. The molecule has 1 atom stereocenters. The third kappa shape index (κ3) is 6.41. The summed E-state index contributed by atoms with van der Waals surface area (Å²) in [6.07, 6.45) is 3.51. The Hall–Kier alpha value is -2.03. The van der Waals surface area contributed by atoms with Crippen molar-refractivity contribution in [2.75, 3.05) is 60.0 Å². The molecule has 0 radical (unpaired) electrons. The molecule has 0 unspecified atom stereocenters. The maximum atomic E-state index is 12.0. The van der Waals surface area contributed by atoms with Crippen LogP contribution in [-0.2, 0) is 14.3 Å². The van der Waals surface area contributed by atoms with Crippen LogP contribution in [0.5, 0.6) is 0 Å². The Labute approximate surface area is 148 Å². The number of pyridine rings is 1. The summed E-state index contributed by atoms with van der Waals surface area (Å²) in [6.45, 7) is 4.37. The quantitative estimate of drug-likeness (QED) is 0.630. The molecule has 0 aliphatic carbocycles. The molecule has 1 aromatic heterocycles. The van der Waals surface area contributed by atoms with Gasteiger partial charge in [0.2, 0.25) is 0 Å². The molecule has 2 amide bonds. The van der Waals surface area contributed by atoms with E-state index in [1.807, 2.05) is 31.1 Å². The van der Waals surface area contributed by atoms with Crippen LogP contribution in [0, 0.1) is 0 Å². The monoisotopic (exact) mass is 349 g/mol. The molecule has 1 aromatic rings. The zero-order chi connectivity index (χ0) is 18.1. The van der Waals surface area contributed by atoms with E-state index in [1.54, 1.807) is 12.4 Å². The van der Waals surface area contributed by atoms with Crippen LogP contribution in [0.15, 0.2) is 24.5 Å². The van der Waals surface area contributed by atoms with Gasteiger partial charge in [-0.25, -0.2) is 0 Å². The van der Waals surface area contributed by atoms with Gasteiger partial charge in [-0.3, -0.25) is 19.5 Å². The van der Waals surface area contributed by atoms with Crippen molar-refractivity contribution in [2.45, 2.75) is 6.04 Å². The van der Waals surface area contributed by atoms with Crippen molar-refractivity contribution in [2.24, 2.45) is 0 Å².